The molecule has 6 atom stereocenters. The molecule has 0 saturated carbocycles. The zero-order valence-electron chi connectivity index (χ0n) is 17.0. The number of β-lactam (4-membered cyclic amide) rings is 1. The van der Waals surface area contributed by atoms with Gasteiger partial charge in [-0.15, -0.1) is 11.8 Å². The molecule has 8 nitrogen and oxygen atoms in total. The van der Waals surface area contributed by atoms with Gasteiger partial charge in [-0.25, -0.2) is 4.79 Å². The summed E-state index contributed by atoms with van der Waals surface area (Å²) in [4.78, 5) is 33.3. The van der Waals surface area contributed by atoms with E-state index in [4.69, 9.17) is 5.73 Å². The number of nitrogens with two attached hydrogens (primary N) is 1. The fourth-order valence-corrected chi connectivity index (χ4v) is 6.81. The normalized spacial score (nSPS) is 36.1. The average Bonchev–Trinajstić information content (AvgIpc) is 3.16. The molecule has 1 unspecified atom stereocenters. The third-order valence-corrected chi connectivity index (χ3v) is 8.24. The van der Waals surface area contributed by atoms with Gasteiger partial charge < -0.3 is 25.7 Å². The number of amidine groups is 1. The lowest BCUT2D eigenvalue weighted by Gasteiger charge is -2.46. The Labute approximate surface area is 175 Å². The summed E-state index contributed by atoms with van der Waals surface area (Å²) in [6.07, 6.45) is 2.17. The first kappa shape index (κ1) is 20.7. The highest BCUT2D eigenvalue weighted by Crippen LogP contribution is 2.51. The van der Waals surface area contributed by atoms with Crippen molar-refractivity contribution in [1.29, 1.82) is 0 Å². The molecule has 0 aromatic heterocycles. The van der Waals surface area contributed by atoms with Crippen LogP contribution in [-0.4, -0.2) is 81.3 Å². The van der Waals surface area contributed by atoms with Crippen LogP contribution in [0.15, 0.2) is 15.6 Å². The first-order chi connectivity index (χ1) is 13.8. The van der Waals surface area contributed by atoms with Gasteiger partial charge in [-0.3, -0.25) is 9.79 Å². The molecule has 2 saturated heterocycles. The van der Waals surface area contributed by atoms with Crippen molar-refractivity contribution in [3.63, 3.8) is 0 Å². The second kappa shape index (κ2) is 7.92. The second-order valence-corrected chi connectivity index (χ2v) is 10.1. The highest BCUT2D eigenvalue weighted by molar-refractivity contribution is 8.03. The number of carboxylic acid groups (broad SMARTS) is 1. The standard InChI is InChI=1S/C20H30N4O4S/c1-10-16-15(11(2)25)19(26)24(16)17(20(27)28)18(10)29-13-4-6-23(9-13)8-12-3-5-22-14(21)7-12/h10-13,15-16,25H,3-9H2,1-2H3,(H2,21,22)(H,27,28)/t10-,11-,12?,13-,15-,16-/m1/s1. The molecular weight excluding hydrogens is 392 g/mol. The van der Waals surface area contributed by atoms with Crippen molar-refractivity contribution < 1.29 is 19.8 Å². The number of hydrogen-bond acceptors (Lipinski definition) is 7. The van der Waals surface area contributed by atoms with Gasteiger partial charge in [0, 0.05) is 42.1 Å². The molecule has 1 amide bonds. The van der Waals surface area contributed by atoms with E-state index in [-0.39, 0.29) is 23.6 Å². The molecule has 4 aliphatic heterocycles. The van der Waals surface area contributed by atoms with E-state index in [1.54, 1.807) is 18.7 Å². The van der Waals surface area contributed by atoms with E-state index in [0.717, 1.165) is 56.2 Å². The van der Waals surface area contributed by atoms with Crippen molar-refractivity contribution in [3.8, 4) is 0 Å². The summed E-state index contributed by atoms with van der Waals surface area (Å²) >= 11 is 1.62. The number of aliphatic carboxylic acids is 1. The molecule has 4 heterocycles. The number of aliphatic imine (C=N–C) groups is 1. The van der Waals surface area contributed by atoms with Crippen LogP contribution in [-0.2, 0) is 9.59 Å². The van der Waals surface area contributed by atoms with Crippen LogP contribution in [0.2, 0.25) is 0 Å². The summed E-state index contributed by atoms with van der Waals surface area (Å²) in [6.45, 7) is 7.32. The smallest absolute Gasteiger partial charge is 0.353 e. The summed E-state index contributed by atoms with van der Waals surface area (Å²) in [7, 11) is 0. The van der Waals surface area contributed by atoms with Crippen LogP contribution in [0.5, 0.6) is 0 Å². The van der Waals surface area contributed by atoms with E-state index in [9.17, 15) is 19.8 Å². The van der Waals surface area contributed by atoms with Gasteiger partial charge >= 0.3 is 5.97 Å². The Kier molecular flexibility index (Phi) is 5.65. The number of nitrogens with zero attached hydrogens (tertiary/aromatic N) is 3. The molecule has 4 rings (SSSR count). The quantitative estimate of drug-likeness (QED) is 0.540. The van der Waals surface area contributed by atoms with Crippen LogP contribution >= 0.6 is 11.8 Å². The number of rotatable bonds is 6. The minimum atomic E-state index is -1.05. The number of aliphatic hydroxyl groups excluding tert-OH is 1. The monoisotopic (exact) mass is 422 g/mol. The highest BCUT2D eigenvalue weighted by Gasteiger charge is 2.60. The average molecular weight is 423 g/mol. The third-order valence-electron chi connectivity index (χ3n) is 6.70. The zero-order valence-corrected chi connectivity index (χ0v) is 17.8. The largest absolute Gasteiger partial charge is 0.477 e. The van der Waals surface area contributed by atoms with Crippen molar-refractivity contribution in [2.24, 2.45) is 28.5 Å². The maximum atomic E-state index is 12.5. The SMILES string of the molecule is C[C@@H](O)[C@H]1C(=O)N2C(C(=O)O)=C(S[C@@H]3CCN(CC4CCN=C(N)C4)C3)[C@H](C)[C@H]12. The van der Waals surface area contributed by atoms with Gasteiger partial charge in [0.25, 0.3) is 0 Å². The van der Waals surface area contributed by atoms with Crippen molar-refractivity contribution in [3.05, 3.63) is 10.6 Å². The fourth-order valence-electron chi connectivity index (χ4n) is 5.29. The molecule has 160 valence electrons. The topological polar surface area (TPSA) is 119 Å². The van der Waals surface area contributed by atoms with Gasteiger partial charge in [0.1, 0.15) is 5.70 Å². The number of thioether (sulfide) groups is 1. The maximum Gasteiger partial charge on any atom is 0.353 e. The van der Waals surface area contributed by atoms with Gasteiger partial charge in [0.2, 0.25) is 5.91 Å². The molecule has 9 heteroatoms. The van der Waals surface area contributed by atoms with E-state index in [1.165, 1.54) is 4.90 Å². The van der Waals surface area contributed by atoms with Crippen LogP contribution in [0, 0.1) is 17.8 Å². The first-order valence-electron chi connectivity index (χ1n) is 10.4. The Morgan fingerprint density at radius 2 is 2.17 bits per heavy atom. The van der Waals surface area contributed by atoms with Crippen molar-refractivity contribution in [2.45, 2.75) is 50.5 Å². The van der Waals surface area contributed by atoms with Crippen LogP contribution in [0.4, 0.5) is 0 Å². The van der Waals surface area contributed by atoms with Crippen molar-refractivity contribution in [2.75, 3.05) is 26.2 Å². The minimum Gasteiger partial charge on any atom is -0.477 e. The molecule has 0 aliphatic carbocycles. The van der Waals surface area contributed by atoms with Crippen LogP contribution < -0.4 is 5.73 Å². The molecule has 2 fully saturated rings. The Balaban J connectivity index is 1.42. The third kappa shape index (κ3) is 3.68. The lowest BCUT2D eigenvalue weighted by Crippen LogP contribution is -2.63. The molecule has 0 spiro atoms. The van der Waals surface area contributed by atoms with E-state index in [1.807, 2.05) is 6.92 Å². The summed E-state index contributed by atoms with van der Waals surface area (Å²) < 4.78 is 0. The minimum absolute atomic E-state index is 0.0631. The predicted molar refractivity (Wildman–Crippen MR) is 111 cm³/mol. The molecule has 4 N–H and O–H groups in total. The van der Waals surface area contributed by atoms with E-state index in [2.05, 4.69) is 9.89 Å². The van der Waals surface area contributed by atoms with Gasteiger partial charge in [0.05, 0.1) is 23.9 Å². The Morgan fingerprint density at radius 3 is 2.83 bits per heavy atom. The zero-order chi connectivity index (χ0) is 20.9. The highest BCUT2D eigenvalue weighted by atomic mass is 32.2. The second-order valence-electron chi connectivity index (χ2n) is 8.79. The summed E-state index contributed by atoms with van der Waals surface area (Å²) in [5.74, 6) is -0.589. The molecule has 0 aromatic rings. The number of fused-ring (bicyclic) bond motifs is 1. The van der Waals surface area contributed by atoms with Crippen LogP contribution in [0.25, 0.3) is 0 Å². The number of carbonyl (C=O) groups is 2. The molecule has 0 bridgehead atoms. The molecular formula is C20H30N4O4S. The molecule has 0 aromatic carbocycles. The Bertz CT molecular complexity index is 768. The number of carboxylic acids is 1. The van der Waals surface area contributed by atoms with Gasteiger partial charge in [0.15, 0.2) is 0 Å². The summed E-state index contributed by atoms with van der Waals surface area (Å²) in [5, 5.41) is 20.1. The molecule has 29 heavy (non-hydrogen) atoms. The fraction of sp³-hybridized carbons (Fsp3) is 0.750. The number of hydrogen-bond donors (Lipinski definition) is 3. The first-order valence-corrected chi connectivity index (χ1v) is 11.3. The van der Waals surface area contributed by atoms with Crippen molar-refractivity contribution >= 4 is 29.5 Å². The summed E-state index contributed by atoms with van der Waals surface area (Å²) in [6, 6.07) is -0.238. The maximum absolute atomic E-state index is 12.5. The lowest BCUT2D eigenvalue weighted by molar-refractivity contribution is -0.163. The summed E-state index contributed by atoms with van der Waals surface area (Å²) in [5.41, 5.74) is 6.01. The lowest BCUT2D eigenvalue weighted by atomic mass is 9.79. The van der Waals surface area contributed by atoms with E-state index in [0.29, 0.717) is 11.2 Å². The Hall–Kier alpha value is -1.58. The van der Waals surface area contributed by atoms with Gasteiger partial charge in [-0.2, -0.15) is 0 Å². The number of aliphatic hydroxyl groups is 1. The van der Waals surface area contributed by atoms with Crippen LogP contribution in [0.1, 0.15) is 33.1 Å². The molecule has 4 aliphatic rings. The number of carbonyl (C=O) groups excluding carboxylic acids is 1. The van der Waals surface area contributed by atoms with E-state index < -0.39 is 18.0 Å². The number of amides is 1. The van der Waals surface area contributed by atoms with Crippen LogP contribution in [0.3, 0.4) is 0 Å². The molecule has 0 radical (unpaired) electrons. The Morgan fingerprint density at radius 1 is 1.41 bits per heavy atom. The number of likely N-dealkylation sites (tertiary alicyclic amines) is 1. The van der Waals surface area contributed by atoms with Gasteiger partial charge in [-0.1, -0.05) is 6.92 Å². The van der Waals surface area contributed by atoms with Gasteiger partial charge in [-0.05, 0) is 32.2 Å². The van der Waals surface area contributed by atoms with E-state index >= 15 is 0 Å². The predicted octanol–water partition coefficient (Wildman–Crippen LogP) is 0.715. The van der Waals surface area contributed by atoms with Crippen molar-refractivity contribution in [1.82, 2.24) is 9.80 Å².